The third-order valence-corrected chi connectivity index (χ3v) is 2.85. The molecule has 0 spiro atoms. The minimum Gasteiger partial charge on any atom is -0.260 e. The van der Waals surface area contributed by atoms with E-state index in [1.807, 2.05) is 0 Å². The molecule has 0 aromatic carbocycles. The molecular weight excluding hydrogens is 164 g/mol. The van der Waals surface area contributed by atoms with Crippen LogP contribution in [0.1, 0.15) is 0 Å². The lowest BCUT2D eigenvalue weighted by atomic mass is 10.8. The van der Waals surface area contributed by atoms with E-state index >= 15 is 0 Å². The van der Waals surface area contributed by atoms with Gasteiger partial charge in [0.25, 0.3) is 0 Å². The van der Waals surface area contributed by atoms with Crippen LogP contribution in [0.25, 0.3) is 0 Å². The average Bonchev–Trinajstić information content (AvgIpc) is 1.88. The zero-order chi connectivity index (χ0) is 7.61. The van der Waals surface area contributed by atoms with Crippen LogP contribution in [0.4, 0.5) is 0 Å². The van der Waals surface area contributed by atoms with E-state index in [1.54, 1.807) is 18.6 Å². The predicted molar refractivity (Wildman–Crippen MR) is 48.7 cm³/mol. The van der Waals surface area contributed by atoms with Gasteiger partial charge in [-0.1, -0.05) is 0 Å². The van der Waals surface area contributed by atoms with Crippen LogP contribution in [0.5, 0.6) is 0 Å². The van der Waals surface area contributed by atoms with Crippen molar-refractivity contribution >= 4 is 20.7 Å². The average molecular weight is 174 g/mol. The highest BCUT2D eigenvalue weighted by Gasteiger charge is 2.08. The fourth-order valence-electron chi connectivity index (χ4n) is 0.543. The van der Waals surface area contributed by atoms with Gasteiger partial charge in [-0.05, 0) is 12.5 Å². The van der Waals surface area contributed by atoms with E-state index in [2.05, 4.69) is 34.1 Å². The lowest BCUT2D eigenvalue weighted by Crippen LogP contribution is -1.91. The Kier molecular flexibility index (Phi) is 2.21. The van der Waals surface area contributed by atoms with Crippen LogP contribution < -0.4 is 0 Å². The van der Waals surface area contributed by atoms with Crippen LogP contribution in [0, 0.1) is 0 Å². The van der Waals surface area contributed by atoms with Crippen molar-refractivity contribution in [2.75, 3.05) is 12.5 Å². The van der Waals surface area contributed by atoms with E-state index in [9.17, 15) is 0 Å². The zero-order valence-corrected chi connectivity index (χ0v) is 7.69. The maximum absolute atomic E-state index is 4.43. The number of hydrogen-bond donors (Lipinski definition) is 1. The summed E-state index contributed by atoms with van der Waals surface area (Å²) < 4.78 is 0. The maximum atomic E-state index is 4.43. The molecule has 0 atom stereocenters. The Balaban J connectivity index is 2.97. The van der Waals surface area contributed by atoms with Crippen LogP contribution in [-0.2, 0) is 0 Å². The summed E-state index contributed by atoms with van der Waals surface area (Å²) >= 11 is 4.43. The fourth-order valence-corrected chi connectivity index (χ4v) is 1.46. The Morgan fingerprint density at radius 1 is 1.40 bits per heavy atom. The molecular formula is C6H10N2S2. The first kappa shape index (κ1) is 7.88. The van der Waals surface area contributed by atoms with Gasteiger partial charge < -0.3 is 0 Å². The Bertz CT molecular complexity index is 205. The monoisotopic (exact) mass is 174 g/mol. The molecule has 2 nitrogen and oxygen atoms in total. The molecule has 0 unspecified atom stereocenters. The van der Waals surface area contributed by atoms with Gasteiger partial charge in [0.05, 0.1) is 6.20 Å². The summed E-state index contributed by atoms with van der Waals surface area (Å²) in [6, 6.07) is 0. The third-order valence-electron chi connectivity index (χ3n) is 1.05. The van der Waals surface area contributed by atoms with Crippen molar-refractivity contribution in [3.8, 4) is 0 Å². The van der Waals surface area contributed by atoms with Gasteiger partial charge in [-0.2, -0.15) is 9.06 Å². The molecule has 0 aliphatic carbocycles. The molecule has 1 heterocycles. The summed E-state index contributed by atoms with van der Waals surface area (Å²) in [6.07, 6.45) is 9.27. The molecule has 0 amide bonds. The Morgan fingerprint density at radius 3 is 2.40 bits per heavy atom. The van der Waals surface area contributed by atoms with E-state index < -0.39 is 9.06 Å². The van der Waals surface area contributed by atoms with Gasteiger partial charge in [-0.3, -0.25) is 4.98 Å². The molecule has 56 valence electrons. The Hall–Kier alpha value is -0.220. The third kappa shape index (κ3) is 1.88. The molecule has 0 bridgehead atoms. The molecule has 0 N–H and O–H groups in total. The Labute approximate surface area is 67.2 Å². The second kappa shape index (κ2) is 2.80. The van der Waals surface area contributed by atoms with Gasteiger partial charge >= 0.3 is 0 Å². The molecule has 1 aromatic rings. The van der Waals surface area contributed by atoms with Crippen LogP contribution in [-0.4, -0.2) is 22.5 Å². The first-order valence-electron chi connectivity index (χ1n) is 2.82. The number of aromatic nitrogens is 2. The second-order valence-electron chi connectivity index (χ2n) is 2.32. The summed E-state index contributed by atoms with van der Waals surface area (Å²) in [5, 5.41) is 0.985. The van der Waals surface area contributed by atoms with E-state index in [1.165, 1.54) is 0 Å². The first-order chi connectivity index (χ1) is 4.61. The van der Waals surface area contributed by atoms with Gasteiger partial charge in [0.1, 0.15) is 5.03 Å². The van der Waals surface area contributed by atoms with Crippen LogP contribution >= 0.6 is 20.7 Å². The molecule has 0 saturated heterocycles. The Morgan fingerprint density at radius 2 is 2.10 bits per heavy atom. The highest BCUT2D eigenvalue weighted by Crippen LogP contribution is 2.51. The van der Waals surface area contributed by atoms with Crippen molar-refractivity contribution in [2.45, 2.75) is 5.03 Å². The van der Waals surface area contributed by atoms with Gasteiger partial charge in [-0.25, -0.2) is 4.98 Å². The number of rotatable bonds is 1. The number of hydrogen-bond acceptors (Lipinski definition) is 3. The lowest BCUT2D eigenvalue weighted by Gasteiger charge is -2.21. The van der Waals surface area contributed by atoms with Gasteiger partial charge in [0.15, 0.2) is 0 Å². The molecule has 0 fully saturated rings. The van der Waals surface area contributed by atoms with Crippen molar-refractivity contribution in [2.24, 2.45) is 0 Å². The van der Waals surface area contributed by atoms with Crippen molar-refractivity contribution < 1.29 is 0 Å². The largest absolute Gasteiger partial charge is 0.260 e. The molecule has 0 radical (unpaired) electrons. The second-order valence-corrected chi connectivity index (χ2v) is 8.02. The van der Waals surface area contributed by atoms with E-state index in [-0.39, 0.29) is 0 Å². The highest BCUT2D eigenvalue weighted by molar-refractivity contribution is 8.87. The van der Waals surface area contributed by atoms with Gasteiger partial charge in [0, 0.05) is 12.4 Å². The van der Waals surface area contributed by atoms with E-state index in [4.69, 9.17) is 0 Å². The summed E-state index contributed by atoms with van der Waals surface area (Å²) in [6.45, 7) is 0. The van der Waals surface area contributed by atoms with Crippen LogP contribution in [0.3, 0.4) is 0 Å². The van der Waals surface area contributed by atoms with Crippen molar-refractivity contribution in [3.63, 3.8) is 0 Å². The molecule has 1 aromatic heterocycles. The van der Waals surface area contributed by atoms with Crippen LogP contribution in [0.2, 0.25) is 0 Å². The summed E-state index contributed by atoms with van der Waals surface area (Å²) in [4.78, 5) is 8.11. The number of nitrogens with zero attached hydrogens (tertiary/aromatic N) is 2. The molecule has 0 aliphatic rings. The standard InChI is InChI=1S/C6H10N2S2/c1-10(2,9)6-5-7-3-4-8-6/h3-5,9H,1-2H3. The van der Waals surface area contributed by atoms with Gasteiger partial charge in [0.2, 0.25) is 0 Å². The zero-order valence-electron chi connectivity index (χ0n) is 5.98. The normalized spacial score (nSPS) is 13.1. The summed E-state index contributed by atoms with van der Waals surface area (Å²) in [7, 11) is -0.982. The summed E-state index contributed by atoms with van der Waals surface area (Å²) in [5.41, 5.74) is 0. The van der Waals surface area contributed by atoms with Gasteiger partial charge in [-0.15, -0.1) is 11.7 Å². The van der Waals surface area contributed by atoms with E-state index in [0.29, 0.717) is 0 Å². The lowest BCUT2D eigenvalue weighted by molar-refractivity contribution is 1.05. The van der Waals surface area contributed by atoms with Crippen LogP contribution in [0.15, 0.2) is 23.6 Å². The molecule has 4 heteroatoms. The summed E-state index contributed by atoms with van der Waals surface area (Å²) in [5.74, 6) is 0. The minimum absolute atomic E-state index is 0.982. The fraction of sp³-hybridized carbons (Fsp3) is 0.333. The highest BCUT2D eigenvalue weighted by atomic mass is 33.1. The predicted octanol–water partition coefficient (Wildman–Crippen LogP) is 1.74. The topological polar surface area (TPSA) is 25.8 Å². The van der Waals surface area contributed by atoms with E-state index in [0.717, 1.165) is 5.03 Å². The van der Waals surface area contributed by atoms with Crippen molar-refractivity contribution in [3.05, 3.63) is 18.6 Å². The maximum Gasteiger partial charge on any atom is 0.105 e. The quantitative estimate of drug-likeness (QED) is 0.518. The SMILES string of the molecule is CS(C)(S)c1cnccn1. The van der Waals surface area contributed by atoms with Crippen molar-refractivity contribution in [1.29, 1.82) is 0 Å². The minimum atomic E-state index is -0.982. The molecule has 0 saturated carbocycles. The molecule has 0 aliphatic heterocycles. The molecule has 10 heavy (non-hydrogen) atoms. The smallest absolute Gasteiger partial charge is 0.105 e. The van der Waals surface area contributed by atoms with Crippen molar-refractivity contribution in [1.82, 2.24) is 9.97 Å². The number of thiol groups is 1. The molecule has 1 rings (SSSR count). The first-order valence-corrected chi connectivity index (χ1v) is 6.33.